The molecule has 3 aliphatic rings. The van der Waals surface area contributed by atoms with Crippen molar-refractivity contribution in [3.63, 3.8) is 0 Å². The highest BCUT2D eigenvalue weighted by molar-refractivity contribution is 5.88. The standard InChI is InChI=1S/C33H40O19/c1-9-19(36)23(40)26(43)31(46-9)49-13-7-15(35)18-17(8-13)50-29(30(22(18)39)52-33-28(45)25(42)21(38)11(3)48-33)12-4-5-14(34)16(6-12)51-32-27(44)24(41)20(37)10(2)47-32/h4-11,19-21,23-28,31-38,40-45H,1-3H3/t9-,10-,11-,19-,20-,21-,23+,24+,25+,26+,27+,28+,31+,32+,33+/m0/s1. The maximum atomic E-state index is 14.1. The topological polar surface area (TPSA) is 308 Å². The first-order chi connectivity index (χ1) is 24.5. The van der Waals surface area contributed by atoms with E-state index in [4.69, 9.17) is 32.8 Å². The monoisotopic (exact) mass is 740 g/mol. The Morgan fingerprint density at radius 2 is 1.04 bits per heavy atom. The van der Waals surface area contributed by atoms with Crippen LogP contribution in [0.15, 0.2) is 39.5 Å². The van der Waals surface area contributed by atoms with Crippen LogP contribution in [0.4, 0.5) is 0 Å². The second kappa shape index (κ2) is 14.5. The number of benzene rings is 2. The molecule has 0 unspecified atom stereocenters. The van der Waals surface area contributed by atoms with Gasteiger partial charge in [-0.05, 0) is 39.0 Å². The van der Waals surface area contributed by atoms with E-state index < -0.39 is 126 Å². The van der Waals surface area contributed by atoms with Gasteiger partial charge in [-0.25, -0.2) is 0 Å². The first-order valence-electron chi connectivity index (χ1n) is 16.2. The van der Waals surface area contributed by atoms with Crippen LogP contribution in [0.2, 0.25) is 0 Å². The van der Waals surface area contributed by atoms with Gasteiger partial charge in [0.2, 0.25) is 30.0 Å². The molecule has 1 aromatic heterocycles. The van der Waals surface area contributed by atoms with Crippen molar-refractivity contribution in [3.8, 4) is 40.1 Å². The number of fused-ring (bicyclic) bond motifs is 1. The summed E-state index contributed by atoms with van der Waals surface area (Å²) in [4.78, 5) is 14.1. The number of phenols is 2. The van der Waals surface area contributed by atoms with E-state index in [1.54, 1.807) is 0 Å². The summed E-state index contributed by atoms with van der Waals surface area (Å²) >= 11 is 0. The molecule has 11 N–H and O–H groups in total. The summed E-state index contributed by atoms with van der Waals surface area (Å²) in [5, 5.41) is 114. The number of rotatable bonds is 7. The minimum atomic E-state index is -1.89. The van der Waals surface area contributed by atoms with E-state index >= 15 is 0 Å². The van der Waals surface area contributed by atoms with Crippen LogP contribution < -0.4 is 19.6 Å². The first-order valence-corrected chi connectivity index (χ1v) is 16.2. The van der Waals surface area contributed by atoms with E-state index in [1.165, 1.54) is 26.8 Å². The van der Waals surface area contributed by atoms with Gasteiger partial charge in [0.05, 0.1) is 18.3 Å². The van der Waals surface area contributed by atoms with Crippen LogP contribution in [-0.2, 0) is 14.2 Å². The summed E-state index contributed by atoms with van der Waals surface area (Å²) in [6.45, 7) is 4.22. The quantitative estimate of drug-likeness (QED) is 0.119. The molecule has 0 aliphatic carbocycles. The summed E-state index contributed by atoms with van der Waals surface area (Å²) < 4.78 is 39.6. The predicted octanol–water partition coefficient (Wildman–Crippen LogP) is -2.51. The van der Waals surface area contributed by atoms with E-state index in [0.717, 1.165) is 24.3 Å². The number of aliphatic hydroxyl groups excluding tert-OH is 9. The van der Waals surface area contributed by atoms with Gasteiger partial charge in [0.25, 0.3) is 0 Å². The van der Waals surface area contributed by atoms with Gasteiger partial charge in [-0.15, -0.1) is 0 Å². The van der Waals surface area contributed by atoms with Crippen molar-refractivity contribution in [3.05, 3.63) is 40.6 Å². The highest BCUT2D eigenvalue weighted by atomic mass is 16.7. The lowest BCUT2D eigenvalue weighted by Gasteiger charge is -2.39. The maximum absolute atomic E-state index is 14.1. The molecular formula is C33H40O19. The van der Waals surface area contributed by atoms with Crippen LogP contribution in [-0.4, -0.2) is 148 Å². The number of ether oxygens (including phenoxy) is 6. The van der Waals surface area contributed by atoms with Crippen molar-refractivity contribution in [2.45, 2.75) is 113 Å². The van der Waals surface area contributed by atoms with Crippen molar-refractivity contribution >= 4 is 11.0 Å². The molecule has 19 nitrogen and oxygen atoms in total. The summed E-state index contributed by atoms with van der Waals surface area (Å²) in [6.07, 6.45) is -22.8. The average molecular weight is 741 g/mol. The molecule has 6 rings (SSSR count). The van der Waals surface area contributed by atoms with E-state index in [1.807, 2.05) is 0 Å². The molecule has 4 heterocycles. The van der Waals surface area contributed by atoms with Gasteiger partial charge in [0.15, 0.2) is 17.3 Å². The van der Waals surface area contributed by atoms with Gasteiger partial charge in [0, 0.05) is 17.7 Å². The molecule has 0 radical (unpaired) electrons. The molecule has 15 atom stereocenters. The molecule has 3 aromatic rings. The van der Waals surface area contributed by atoms with Gasteiger partial charge >= 0.3 is 0 Å². The first kappa shape index (κ1) is 37.9. The van der Waals surface area contributed by atoms with Crippen molar-refractivity contribution in [2.75, 3.05) is 0 Å². The van der Waals surface area contributed by atoms with E-state index in [0.29, 0.717) is 0 Å². The van der Waals surface area contributed by atoms with E-state index in [2.05, 4.69) is 0 Å². The zero-order chi connectivity index (χ0) is 37.9. The highest BCUT2D eigenvalue weighted by Gasteiger charge is 2.46. The van der Waals surface area contributed by atoms with Gasteiger partial charge in [0.1, 0.15) is 77.4 Å². The van der Waals surface area contributed by atoms with Crippen LogP contribution in [0.3, 0.4) is 0 Å². The van der Waals surface area contributed by atoms with Crippen molar-refractivity contribution in [2.24, 2.45) is 0 Å². The fraction of sp³-hybridized carbons (Fsp3) is 0.545. The van der Waals surface area contributed by atoms with Crippen molar-refractivity contribution in [1.82, 2.24) is 0 Å². The van der Waals surface area contributed by atoms with E-state index in [-0.39, 0.29) is 22.6 Å². The van der Waals surface area contributed by atoms with Gasteiger partial charge in [-0.1, -0.05) is 0 Å². The number of hydrogen-bond donors (Lipinski definition) is 11. The third kappa shape index (κ3) is 6.86. The van der Waals surface area contributed by atoms with Gasteiger partial charge in [-0.2, -0.15) is 0 Å². The highest BCUT2D eigenvalue weighted by Crippen LogP contribution is 2.41. The Bertz CT molecular complexity index is 1820. The molecule has 0 amide bonds. The number of phenolic OH excluding ortho intramolecular Hbond substituents is 2. The molecule has 19 heteroatoms. The molecule has 2 aromatic carbocycles. The molecule has 0 spiro atoms. The zero-order valence-electron chi connectivity index (χ0n) is 27.7. The number of aromatic hydroxyl groups is 2. The smallest absolute Gasteiger partial charge is 0.239 e. The Hall–Kier alpha value is -3.83. The summed E-state index contributed by atoms with van der Waals surface area (Å²) in [5.41, 5.74) is -1.46. The average Bonchev–Trinajstić information content (AvgIpc) is 3.10. The SMILES string of the molecule is C[C@@H]1O[C@H](Oc2cc(O)c3c(=O)c(O[C@H]4O[C@@H](C)[C@H](O)[C@@H](O)[C@H]4O)c(-c4ccc(O)c(O[C@H]5O[C@@H](C)[C@H](O)[C@@H](O)[C@H]5O)c4)oc3c2)[C@H](O)[C@H](O)[C@H]1O. The molecule has 3 aliphatic heterocycles. The molecule has 3 fully saturated rings. The van der Waals surface area contributed by atoms with Crippen LogP contribution >= 0.6 is 0 Å². The third-order valence-electron chi connectivity index (χ3n) is 9.28. The third-order valence-corrected chi connectivity index (χ3v) is 9.28. The molecule has 0 saturated carbocycles. The van der Waals surface area contributed by atoms with Crippen LogP contribution in [0.25, 0.3) is 22.3 Å². The normalized spacial score (nSPS) is 38.2. The Kier molecular flexibility index (Phi) is 10.6. The second-order valence-corrected chi connectivity index (χ2v) is 13.0. The van der Waals surface area contributed by atoms with Gasteiger partial charge in [-0.3, -0.25) is 4.79 Å². The lowest BCUT2D eigenvalue weighted by atomic mass is 10.00. The van der Waals surface area contributed by atoms with E-state index in [9.17, 15) is 61.0 Å². The lowest BCUT2D eigenvalue weighted by Crippen LogP contribution is -2.58. The molecule has 286 valence electrons. The Morgan fingerprint density at radius 3 is 1.56 bits per heavy atom. The molecule has 52 heavy (non-hydrogen) atoms. The predicted molar refractivity (Wildman–Crippen MR) is 170 cm³/mol. The van der Waals surface area contributed by atoms with Crippen LogP contribution in [0.5, 0.6) is 28.7 Å². The van der Waals surface area contributed by atoms with Crippen molar-refractivity contribution < 1.29 is 89.0 Å². The second-order valence-electron chi connectivity index (χ2n) is 13.0. The summed E-state index contributed by atoms with van der Waals surface area (Å²) in [5.74, 6) is -2.94. The van der Waals surface area contributed by atoms with Crippen LogP contribution in [0.1, 0.15) is 20.8 Å². The maximum Gasteiger partial charge on any atom is 0.239 e. The summed E-state index contributed by atoms with van der Waals surface area (Å²) in [6, 6.07) is 5.59. The minimum Gasteiger partial charge on any atom is -0.507 e. The molecule has 3 saturated heterocycles. The Morgan fingerprint density at radius 1 is 0.558 bits per heavy atom. The van der Waals surface area contributed by atoms with Crippen LogP contribution in [0, 0.1) is 0 Å². The largest absolute Gasteiger partial charge is 0.507 e. The fourth-order valence-corrected chi connectivity index (χ4v) is 6.08. The minimum absolute atomic E-state index is 0.0672. The molecule has 0 bridgehead atoms. The Labute approximate surface area is 293 Å². The lowest BCUT2D eigenvalue weighted by molar-refractivity contribution is -0.268. The Balaban J connectivity index is 1.44. The molecular weight excluding hydrogens is 700 g/mol. The van der Waals surface area contributed by atoms with Gasteiger partial charge < -0.3 is 89.0 Å². The summed E-state index contributed by atoms with van der Waals surface area (Å²) in [7, 11) is 0. The number of aliphatic hydroxyl groups is 9. The van der Waals surface area contributed by atoms with Crippen molar-refractivity contribution in [1.29, 1.82) is 0 Å². The fourth-order valence-electron chi connectivity index (χ4n) is 6.08. The number of hydrogen-bond acceptors (Lipinski definition) is 19. The zero-order valence-corrected chi connectivity index (χ0v) is 27.7.